The average Bonchev–Trinajstić information content (AvgIpc) is 3.35. The highest BCUT2D eigenvalue weighted by Gasteiger charge is 2.28. The molecule has 2 aromatic carbocycles. The van der Waals surface area contributed by atoms with E-state index >= 15 is 0 Å². The summed E-state index contributed by atoms with van der Waals surface area (Å²) in [5.41, 5.74) is 2.07. The molecular weight excluding hydrogens is 330 g/mol. The number of rotatable bonds is 4. The van der Waals surface area contributed by atoms with Crippen molar-refractivity contribution in [3.63, 3.8) is 0 Å². The molecule has 2 aromatic rings. The fourth-order valence-electron chi connectivity index (χ4n) is 3.48. The third-order valence-electron chi connectivity index (χ3n) is 4.85. The lowest BCUT2D eigenvalue weighted by Gasteiger charge is -2.24. The molecule has 1 atom stereocenters. The third-order valence-corrected chi connectivity index (χ3v) is 4.85. The summed E-state index contributed by atoms with van der Waals surface area (Å²) < 4.78 is 15.9. The number of hydrogen-bond acceptors (Lipinski definition) is 4. The molecule has 1 amide bonds. The second-order valence-corrected chi connectivity index (χ2v) is 6.41. The molecule has 0 radical (unpaired) electrons. The average molecular weight is 351 g/mol. The van der Waals surface area contributed by atoms with Crippen LogP contribution in [0.2, 0.25) is 0 Å². The Hall–Kier alpha value is -2.95. The predicted octanol–water partition coefficient (Wildman–Crippen LogP) is 3.80. The molecule has 2 aliphatic heterocycles. The minimum Gasteiger partial charge on any atom is -0.497 e. The molecule has 1 unspecified atom stereocenters. The number of amides is 1. The van der Waals surface area contributed by atoms with E-state index in [2.05, 4.69) is 0 Å². The first-order chi connectivity index (χ1) is 12.7. The first-order valence-corrected chi connectivity index (χ1v) is 8.77. The van der Waals surface area contributed by atoms with Gasteiger partial charge in [-0.1, -0.05) is 18.2 Å². The molecule has 134 valence electrons. The highest BCUT2D eigenvalue weighted by Crippen LogP contribution is 2.34. The second kappa shape index (κ2) is 7.12. The van der Waals surface area contributed by atoms with E-state index in [4.69, 9.17) is 14.2 Å². The number of likely N-dealkylation sites (tertiary alicyclic amines) is 1. The van der Waals surface area contributed by atoms with Gasteiger partial charge in [0, 0.05) is 12.6 Å². The van der Waals surface area contributed by atoms with Crippen molar-refractivity contribution in [1.82, 2.24) is 4.90 Å². The summed E-state index contributed by atoms with van der Waals surface area (Å²) in [5.74, 6) is 2.32. The van der Waals surface area contributed by atoms with E-state index in [1.54, 1.807) is 13.2 Å². The first-order valence-electron chi connectivity index (χ1n) is 8.77. The van der Waals surface area contributed by atoms with Crippen LogP contribution in [0.5, 0.6) is 17.2 Å². The van der Waals surface area contributed by atoms with Gasteiger partial charge in [-0.2, -0.15) is 0 Å². The van der Waals surface area contributed by atoms with Gasteiger partial charge in [-0.3, -0.25) is 4.79 Å². The molecule has 0 aromatic heterocycles. The van der Waals surface area contributed by atoms with Crippen LogP contribution in [0.25, 0.3) is 6.08 Å². The standard InChI is InChI=1S/C21H21NO4/c1-24-17-8-6-16(7-9-17)18-3-2-12-22(18)21(23)11-5-15-4-10-19-20(13-15)26-14-25-19/h4-11,13,18H,2-3,12,14H2,1H3/b11-5+. The normalized spacial score (nSPS) is 18.5. The fraction of sp³-hybridized carbons (Fsp3) is 0.286. The lowest BCUT2D eigenvalue weighted by atomic mass is 10.0. The molecule has 5 nitrogen and oxygen atoms in total. The number of benzene rings is 2. The van der Waals surface area contributed by atoms with Crippen LogP contribution < -0.4 is 14.2 Å². The topological polar surface area (TPSA) is 48.0 Å². The molecule has 5 heteroatoms. The van der Waals surface area contributed by atoms with Crippen LogP contribution in [-0.4, -0.2) is 31.3 Å². The lowest BCUT2D eigenvalue weighted by molar-refractivity contribution is -0.126. The summed E-state index contributed by atoms with van der Waals surface area (Å²) in [6.07, 6.45) is 5.46. The van der Waals surface area contributed by atoms with Gasteiger partial charge in [0.2, 0.25) is 12.7 Å². The van der Waals surface area contributed by atoms with Crippen molar-refractivity contribution in [2.45, 2.75) is 18.9 Å². The second-order valence-electron chi connectivity index (χ2n) is 6.41. The zero-order valence-electron chi connectivity index (χ0n) is 14.7. The summed E-state index contributed by atoms with van der Waals surface area (Å²) in [7, 11) is 1.65. The van der Waals surface area contributed by atoms with Crippen molar-refractivity contribution in [3.05, 3.63) is 59.7 Å². The van der Waals surface area contributed by atoms with Gasteiger partial charge < -0.3 is 19.1 Å². The largest absolute Gasteiger partial charge is 0.497 e. The Balaban J connectivity index is 1.47. The van der Waals surface area contributed by atoms with Crippen molar-refractivity contribution >= 4 is 12.0 Å². The van der Waals surface area contributed by atoms with E-state index in [0.29, 0.717) is 0 Å². The zero-order chi connectivity index (χ0) is 17.9. The fourth-order valence-corrected chi connectivity index (χ4v) is 3.48. The molecule has 0 bridgehead atoms. The van der Waals surface area contributed by atoms with Crippen LogP contribution in [0.4, 0.5) is 0 Å². The molecule has 0 spiro atoms. The maximum atomic E-state index is 12.7. The Morgan fingerprint density at radius 3 is 2.77 bits per heavy atom. The predicted molar refractivity (Wildman–Crippen MR) is 98.3 cm³/mol. The van der Waals surface area contributed by atoms with Gasteiger partial charge in [0.1, 0.15) is 5.75 Å². The molecule has 4 rings (SSSR count). The lowest BCUT2D eigenvalue weighted by Crippen LogP contribution is -2.28. The van der Waals surface area contributed by atoms with Crippen molar-refractivity contribution in [2.75, 3.05) is 20.4 Å². The summed E-state index contributed by atoms with van der Waals surface area (Å²) in [6.45, 7) is 1.03. The van der Waals surface area contributed by atoms with Gasteiger partial charge in [-0.05, 0) is 54.3 Å². The van der Waals surface area contributed by atoms with Crippen LogP contribution in [0.15, 0.2) is 48.5 Å². The van der Waals surface area contributed by atoms with E-state index in [1.165, 1.54) is 0 Å². The maximum Gasteiger partial charge on any atom is 0.247 e. The van der Waals surface area contributed by atoms with Crippen molar-refractivity contribution in [1.29, 1.82) is 0 Å². The molecule has 0 N–H and O–H groups in total. The molecule has 26 heavy (non-hydrogen) atoms. The number of ether oxygens (including phenoxy) is 3. The van der Waals surface area contributed by atoms with Gasteiger partial charge in [0.05, 0.1) is 13.2 Å². The van der Waals surface area contributed by atoms with Crippen molar-refractivity contribution < 1.29 is 19.0 Å². The number of fused-ring (bicyclic) bond motifs is 1. The van der Waals surface area contributed by atoms with E-state index < -0.39 is 0 Å². The van der Waals surface area contributed by atoms with Crippen LogP contribution in [0.3, 0.4) is 0 Å². The van der Waals surface area contributed by atoms with Gasteiger partial charge >= 0.3 is 0 Å². The molecule has 1 saturated heterocycles. The van der Waals surface area contributed by atoms with Crippen LogP contribution in [0.1, 0.15) is 30.0 Å². The molecule has 2 heterocycles. The van der Waals surface area contributed by atoms with E-state index in [9.17, 15) is 4.79 Å². The Morgan fingerprint density at radius 1 is 1.15 bits per heavy atom. The van der Waals surface area contributed by atoms with Gasteiger partial charge in [0.25, 0.3) is 0 Å². The highest BCUT2D eigenvalue weighted by molar-refractivity contribution is 5.92. The zero-order valence-corrected chi connectivity index (χ0v) is 14.7. The number of methoxy groups -OCH3 is 1. The Morgan fingerprint density at radius 2 is 1.96 bits per heavy atom. The molecule has 0 saturated carbocycles. The summed E-state index contributed by atoms with van der Waals surface area (Å²) in [6, 6.07) is 13.8. The maximum absolute atomic E-state index is 12.7. The first kappa shape index (κ1) is 16.5. The van der Waals surface area contributed by atoms with Crippen LogP contribution in [-0.2, 0) is 4.79 Å². The Kier molecular flexibility index (Phi) is 4.52. The van der Waals surface area contributed by atoms with Crippen molar-refractivity contribution in [2.24, 2.45) is 0 Å². The van der Waals surface area contributed by atoms with Crippen LogP contribution >= 0.6 is 0 Å². The molecule has 0 aliphatic carbocycles. The number of nitrogens with zero attached hydrogens (tertiary/aromatic N) is 1. The summed E-state index contributed by atoms with van der Waals surface area (Å²) >= 11 is 0. The number of carbonyl (C=O) groups is 1. The SMILES string of the molecule is COc1ccc(C2CCCN2C(=O)/C=C/c2ccc3c(c2)OCO3)cc1. The monoisotopic (exact) mass is 351 g/mol. The number of carbonyl (C=O) groups excluding carboxylic acids is 1. The minimum atomic E-state index is 0.0287. The van der Waals surface area contributed by atoms with Gasteiger partial charge in [-0.25, -0.2) is 0 Å². The van der Waals surface area contributed by atoms with Crippen molar-refractivity contribution in [3.8, 4) is 17.2 Å². The van der Waals surface area contributed by atoms with Crippen LogP contribution in [0, 0.1) is 0 Å². The summed E-state index contributed by atoms with van der Waals surface area (Å²) in [5, 5.41) is 0. The van der Waals surface area contributed by atoms with E-state index in [-0.39, 0.29) is 18.7 Å². The summed E-state index contributed by atoms with van der Waals surface area (Å²) in [4.78, 5) is 14.7. The van der Waals surface area contributed by atoms with Gasteiger partial charge in [-0.15, -0.1) is 0 Å². The van der Waals surface area contributed by atoms with Gasteiger partial charge in [0.15, 0.2) is 11.5 Å². The molecule has 2 aliphatic rings. The Labute approximate surface area is 152 Å². The van der Waals surface area contributed by atoms with E-state index in [1.807, 2.05) is 53.4 Å². The molecular formula is C21H21NO4. The highest BCUT2D eigenvalue weighted by atomic mass is 16.7. The third kappa shape index (κ3) is 3.25. The number of hydrogen-bond donors (Lipinski definition) is 0. The minimum absolute atomic E-state index is 0.0287. The Bertz CT molecular complexity index is 828. The smallest absolute Gasteiger partial charge is 0.247 e. The van der Waals surface area contributed by atoms with E-state index in [0.717, 1.165) is 47.8 Å². The molecule has 1 fully saturated rings. The quantitative estimate of drug-likeness (QED) is 0.786.